The van der Waals surface area contributed by atoms with Gasteiger partial charge in [0.05, 0.1) is 0 Å². The summed E-state index contributed by atoms with van der Waals surface area (Å²) in [5, 5.41) is 3.86. The Hall–Kier alpha value is -0.860. The molecule has 1 heterocycles. The summed E-state index contributed by atoms with van der Waals surface area (Å²) in [7, 11) is 0. The summed E-state index contributed by atoms with van der Waals surface area (Å²) < 4.78 is 0. The van der Waals surface area contributed by atoms with Gasteiger partial charge >= 0.3 is 0 Å². The van der Waals surface area contributed by atoms with Gasteiger partial charge < -0.3 is 5.32 Å². The van der Waals surface area contributed by atoms with E-state index < -0.39 is 0 Å². The van der Waals surface area contributed by atoms with Gasteiger partial charge in [0.2, 0.25) is 0 Å². The fourth-order valence-corrected chi connectivity index (χ4v) is 4.52. The van der Waals surface area contributed by atoms with Crippen molar-refractivity contribution in [1.82, 2.24) is 10.2 Å². The summed E-state index contributed by atoms with van der Waals surface area (Å²) in [5.41, 5.74) is 1.41. The topological polar surface area (TPSA) is 15.3 Å². The van der Waals surface area contributed by atoms with E-state index in [4.69, 9.17) is 0 Å². The van der Waals surface area contributed by atoms with E-state index in [9.17, 15) is 0 Å². The van der Waals surface area contributed by atoms with Crippen molar-refractivity contribution in [3.8, 4) is 0 Å². The molecule has 2 atom stereocenters. The van der Waals surface area contributed by atoms with Gasteiger partial charge in [-0.3, -0.25) is 4.90 Å². The lowest BCUT2D eigenvalue weighted by atomic mass is 9.88. The zero-order valence-electron chi connectivity index (χ0n) is 14.8. The molecule has 2 unspecified atom stereocenters. The van der Waals surface area contributed by atoms with Crippen LogP contribution in [0.15, 0.2) is 30.3 Å². The molecule has 1 aromatic rings. The molecule has 1 aromatic carbocycles. The van der Waals surface area contributed by atoms with Crippen LogP contribution >= 0.6 is 0 Å². The van der Waals surface area contributed by atoms with E-state index in [1.807, 2.05) is 0 Å². The monoisotopic (exact) mass is 314 g/mol. The predicted octanol–water partition coefficient (Wildman–Crippen LogP) is 4.60. The molecule has 0 bridgehead atoms. The molecule has 2 fully saturated rings. The largest absolute Gasteiger partial charge is 0.309 e. The zero-order valence-corrected chi connectivity index (χ0v) is 14.8. The molecule has 0 aromatic heterocycles. The van der Waals surface area contributed by atoms with Crippen LogP contribution in [0.3, 0.4) is 0 Å². The van der Waals surface area contributed by atoms with Crippen molar-refractivity contribution in [3.63, 3.8) is 0 Å². The number of nitrogens with zero attached hydrogens (tertiary/aromatic N) is 1. The average molecular weight is 315 g/mol. The number of nitrogens with one attached hydrogen (secondary N) is 1. The molecule has 0 amide bonds. The van der Waals surface area contributed by atoms with E-state index >= 15 is 0 Å². The molecule has 128 valence electrons. The first-order valence-electron chi connectivity index (χ1n) is 9.86. The lowest BCUT2D eigenvalue weighted by Gasteiger charge is -2.41. The maximum atomic E-state index is 3.86. The van der Waals surface area contributed by atoms with Crippen molar-refractivity contribution in [2.45, 2.75) is 76.9 Å². The van der Waals surface area contributed by atoms with Crippen LogP contribution in [0.5, 0.6) is 0 Å². The van der Waals surface area contributed by atoms with Gasteiger partial charge in [-0.15, -0.1) is 0 Å². The highest BCUT2D eigenvalue weighted by atomic mass is 15.2. The van der Waals surface area contributed by atoms with E-state index in [-0.39, 0.29) is 0 Å². The summed E-state index contributed by atoms with van der Waals surface area (Å²) in [6.45, 7) is 5.96. The van der Waals surface area contributed by atoms with Crippen LogP contribution in [-0.4, -0.2) is 30.1 Å². The van der Waals surface area contributed by atoms with Gasteiger partial charge in [-0.25, -0.2) is 0 Å². The Morgan fingerprint density at radius 3 is 2.61 bits per heavy atom. The van der Waals surface area contributed by atoms with Gasteiger partial charge in [0.1, 0.15) is 0 Å². The van der Waals surface area contributed by atoms with Crippen molar-refractivity contribution in [2.24, 2.45) is 5.92 Å². The summed E-state index contributed by atoms with van der Waals surface area (Å²) in [6.07, 6.45) is 11.3. The third-order valence-corrected chi connectivity index (χ3v) is 5.81. The van der Waals surface area contributed by atoms with Crippen LogP contribution in [0.4, 0.5) is 0 Å². The number of benzene rings is 1. The first-order chi connectivity index (χ1) is 11.3. The van der Waals surface area contributed by atoms with Crippen LogP contribution in [0, 0.1) is 5.92 Å². The van der Waals surface area contributed by atoms with Crippen LogP contribution in [0.25, 0.3) is 0 Å². The predicted molar refractivity (Wildman–Crippen MR) is 98.5 cm³/mol. The number of piperidine rings is 1. The number of hydrogen-bond donors (Lipinski definition) is 1. The first-order valence-corrected chi connectivity index (χ1v) is 9.86. The second-order valence-corrected chi connectivity index (χ2v) is 7.70. The summed E-state index contributed by atoms with van der Waals surface area (Å²) in [6, 6.07) is 12.4. The van der Waals surface area contributed by atoms with Gasteiger partial charge in [0.25, 0.3) is 0 Å². The highest BCUT2D eigenvalue weighted by Gasteiger charge is 2.31. The Balaban J connectivity index is 1.56. The van der Waals surface area contributed by atoms with E-state index in [1.54, 1.807) is 0 Å². The van der Waals surface area contributed by atoms with E-state index in [2.05, 4.69) is 47.5 Å². The summed E-state index contributed by atoms with van der Waals surface area (Å²) in [5.74, 6) is 0.901. The Morgan fingerprint density at radius 1 is 1.09 bits per heavy atom. The Kier molecular flexibility index (Phi) is 6.53. The fourth-order valence-electron chi connectivity index (χ4n) is 4.52. The maximum absolute atomic E-state index is 3.86. The lowest BCUT2D eigenvalue weighted by molar-refractivity contribution is 0.0938. The van der Waals surface area contributed by atoms with E-state index in [0.717, 1.165) is 18.5 Å². The molecule has 0 spiro atoms. The summed E-state index contributed by atoms with van der Waals surface area (Å²) in [4.78, 5) is 2.83. The van der Waals surface area contributed by atoms with E-state index in [0.29, 0.717) is 6.04 Å². The van der Waals surface area contributed by atoms with Crippen molar-refractivity contribution < 1.29 is 0 Å². The minimum absolute atomic E-state index is 0.673. The van der Waals surface area contributed by atoms with Crippen molar-refractivity contribution in [2.75, 3.05) is 13.1 Å². The van der Waals surface area contributed by atoms with Crippen LogP contribution in [-0.2, 0) is 6.54 Å². The standard InChI is InChI=1S/C21H34N2/c1-2-3-9-19-14-20(22-15-18-10-5-4-6-11-18)17-23(16-19)21-12-7-8-13-21/h4-6,10-11,19-22H,2-3,7-9,12-17H2,1H3. The Labute approximate surface area is 142 Å². The Bertz CT molecular complexity index is 438. The number of unbranched alkanes of at least 4 members (excludes halogenated alkanes) is 1. The summed E-state index contributed by atoms with van der Waals surface area (Å²) >= 11 is 0. The van der Waals surface area contributed by atoms with Crippen molar-refractivity contribution in [1.29, 1.82) is 0 Å². The third kappa shape index (κ3) is 5.06. The molecule has 23 heavy (non-hydrogen) atoms. The minimum Gasteiger partial charge on any atom is -0.309 e. The number of rotatable bonds is 7. The number of likely N-dealkylation sites (tertiary alicyclic amines) is 1. The lowest BCUT2D eigenvalue weighted by Crippen LogP contribution is -2.52. The van der Waals surface area contributed by atoms with Crippen LogP contribution in [0.1, 0.15) is 63.9 Å². The normalized spacial score (nSPS) is 26.7. The second kappa shape index (κ2) is 8.84. The van der Waals surface area contributed by atoms with Gasteiger partial charge in [0.15, 0.2) is 0 Å². The molecular formula is C21H34N2. The Morgan fingerprint density at radius 2 is 1.87 bits per heavy atom. The second-order valence-electron chi connectivity index (χ2n) is 7.70. The van der Waals surface area contributed by atoms with Crippen LogP contribution in [0.2, 0.25) is 0 Å². The molecule has 3 rings (SSSR count). The molecule has 1 N–H and O–H groups in total. The molecule has 1 aliphatic heterocycles. The minimum atomic E-state index is 0.673. The fraction of sp³-hybridized carbons (Fsp3) is 0.714. The molecule has 1 saturated carbocycles. The van der Waals surface area contributed by atoms with Gasteiger partial charge in [-0.1, -0.05) is 62.9 Å². The highest BCUT2D eigenvalue weighted by molar-refractivity contribution is 5.14. The molecule has 1 saturated heterocycles. The van der Waals surface area contributed by atoms with Gasteiger partial charge in [0, 0.05) is 31.7 Å². The van der Waals surface area contributed by atoms with E-state index in [1.165, 1.54) is 70.0 Å². The highest BCUT2D eigenvalue weighted by Crippen LogP contribution is 2.30. The smallest absolute Gasteiger partial charge is 0.0208 e. The average Bonchev–Trinajstić information content (AvgIpc) is 3.14. The SMILES string of the molecule is CCCCC1CC(NCc2ccccc2)CN(C2CCCC2)C1. The first kappa shape index (κ1) is 17.0. The van der Waals surface area contributed by atoms with Crippen molar-refractivity contribution >= 4 is 0 Å². The third-order valence-electron chi connectivity index (χ3n) is 5.81. The molecular weight excluding hydrogens is 280 g/mol. The maximum Gasteiger partial charge on any atom is 0.0208 e. The zero-order chi connectivity index (χ0) is 15.9. The number of hydrogen-bond acceptors (Lipinski definition) is 2. The molecule has 2 aliphatic rings. The molecule has 1 aliphatic carbocycles. The molecule has 0 radical (unpaired) electrons. The van der Waals surface area contributed by atoms with Crippen molar-refractivity contribution in [3.05, 3.63) is 35.9 Å². The molecule has 2 nitrogen and oxygen atoms in total. The van der Waals surface area contributed by atoms with Gasteiger partial charge in [-0.2, -0.15) is 0 Å². The quantitative estimate of drug-likeness (QED) is 0.791. The molecule has 2 heteroatoms. The van der Waals surface area contributed by atoms with Gasteiger partial charge in [-0.05, 0) is 37.2 Å². The van der Waals surface area contributed by atoms with Crippen LogP contribution < -0.4 is 5.32 Å².